The standard InChI is InChI=1S/C8H16N2O4S2/c1-7(2)8(6-9)10-16(13,14)5-4-15(3,11)12/h7-8,10H,4-5H2,1-3H3. The molecule has 8 heteroatoms. The Hall–Kier alpha value is -0.650. The number of nitrogens with zero attached hydrogens (tertiary/aromatic N) is 1. The van der Waals surface area contributed by atoms with Crippen molar-refractivity contribution in [2.45, 2.75) is 19.9 Å². The van der Waals surface area contributed by atoms with E-state index in [1.54, 1.807) is 13.8 Å². The minimum atomic E-state index is -3.72. The molecule has 0 aromatic rings. The molecule has 1 unspecified atom stereocenters. The third-order valence-corrected chi connectivity index (χ3v) is 4.39. The van der Waals surface area contributed by atoms with Crippen LogP contribution < -0.4 is 4.72 Å². The van der Waals surface area contributed by atoms with Crippen LogP contribution in [0.3, 0.4) is 0 Å². The fourth-order valence-corrected chi connectivity index (χ4v) is 3.74. The first-order chi connectivity index (χ1) is 7.07. The van der Waals surface area contributed by atoms with Crippen molar-refractivity contribution in [2.75, 3.05) is 17.8 Å². The van der Waals surface area contributed by atoms with E-state index in [0.29, 0.717) is 0 Å². The Bertz CT molecular complexity index is 459. The molecule has 1 N–H and O–H groups in total. The fourth-order valence-electron chi connectivity index (χ4n) is 0.825. The number of sulfone groups is 1. The lowest BCUT2D eigenvalue weighted by Crippen LogP contribution is -2.39. The first kappa shape index (κ1) is 15.3. The maximum absolute atomic E-state index is 11.4. The van der Waals surface area contributed by atoms with Crippen LogP contribution in [0.25, 0.3) is 0 Å². The summed E-state index contributed by atoms with van der Waals surface area (Å²) in [4.78, 5) is 0. The number of sulfonamides is 1. The first-order valence-corrected chi connectivity index (χ1v) is 8.36. The molecule has 0 aliphatic rings. The zero-order valence-electron chi connectivity index (χ0n) is 9.47. The van der Waals surface area contributed by atoms with E-state index in [4.69, 9.17) is 5.26 Å². The van der Waals surface area contributed by atoms with E-state index < -0.39 is 37.4 Å². The lowest BCUT2D eigenvalue weighted by Gasteiger charge is -2.14. The fraction of sp³-hybridized carbons (Fsp3) is 0.875. The molecule has 16 heavy (non-hydrogen) atoms. The number of rotatable bonds is 6. The molecule has 0 saturated carbocycles. The van der Waals surface area contributed by atoms with Gasteiger partial charge in [0.15, 0.2) is 0 Å². The monoisotopic (exact) mass is 268 g/mol. The van der Waals surface area contributed by atoms with Gasteiger partial charge in [-0.15, -0.1) is 0 Å². The Morgan fingerprint density at radius 1 is 1.19 bits per heavy atom. The Morgan fingerprint density at radius 3 is 2.00 bits per heavy atom. The van der Waals surface area contributed by atoms with Gasteiger partial charge in [0.2, 0.25) is 10.0 Å². The highest BCUT2D eigenvalue weighted by atomic mass is 32.2. The summed E-state index contributed by atoms with van der Waals surface area (Å²) in [6, 6.07) is 0.986. The number of hydrogen-bond acceptors (Lipinski definition) is 5. The first-order valence-electron chi connectivity index (χ1n) is 4.65. The summed E-state index contributed by atoms with van der Waals surface area (Å²) in [6.07, 6.45) is 0.965. The quantitative estimate of drug-likeness (QED) is 0.699. The van der Waals surface area contributed by atoms with E-state index in [1.807, 2.05) is 6.07 Å². The van der Waals surface area contributed by atoms with Crippen LogP contribution in [-0.2, 0) is 19.9 Å². The average Bonchev–Trinajstić information content (AvgIpc) is 2.10. The third kappa shape index (κ3) is 6.76. The second-order valence-corrected chi connectivity index (χ2v) is 8.05. The maximum atomic E-state index is 11.4. The van der Waals surface area contributed by atoms with Gasteiger partial charge in [0.05, 0.1) is 17.6 Å². The Morgan fingerprint density at radius 2 is 1.69 bits per heavy atom. The SMILES string of the molecule is CC(C)C(C#N)NS(=O)(=O)CCS(C)(=O)=O. The van der Waals surface area contributed by atoms with Gasteiger partial charge in [-0.05, 0) is 5.92 Å². The van der Waals surface area contributed by atoms with E-state index in [2.05, 4.69) is 4.72 Å². The minimum absolute atomic E-state index is 0.169. The number of hydrogen-bond donors (Lipinski definition) is 1. The predicted molar refractivity (Wildman–Crippen MR) is 60.9 cm³/mol. The molecule has 0 aromatic carbocycles. The molecule has 94 valence electrons. The summed E-state index contributed by atoms with van der Waals surface area (Å²) in [7, 11) is -7.04. The normalized spacial score (nSPS) is 14.7. The summed E-state index contributed by atoms with van der Waals surface area (Å²) >= 11 is 0. The van der Waals surface area contributed by atoms with Gasteiger partial charge in [-0.3, -0.25) is 0 Å². The summed E-state index contributed by atoms with van der Waals surface area (Å²) in [5, 5.41) is 8.69. The molecule has 0 heterocycles. The third-order valence-electron chi connectivity index (χ3n) is 1.84. The van der Waals surface area contributed by atoms with Crippen LogP contribution in [0.4, 0.5) is 0 Å². The molecule has 0 saturated heterocycles. The van der Waals surface area contributed by atoms with Crippen molar-refractivity contribution in [2.24, 2.45) is 5.92 Å². The van der Waals surface area contributed by atoms with Gasteiger partial charge in [-0.2, -0.15) is 9.98 Å². The average molecular weight is 268 g/mol. The highest BCUT2D eigenvalue weighted by Crippen LogP contribution is 2.02. The second-order valence-electron chi connectivity index (χ2n) is 3.92. The zero-order valence-corrected chi connectivity index (χ0v) is 11.1. The van der Waals surface area contributed by atoms with Gasteiger partial charge in [0.1, 0.15) is 15.9 Å². The molecule has 0 radical (unpaired) electrons. The van der Waals surface area contributed by atoms with Crippen molar-refractivity contribution >= 4 is 19.9 Å². The van der Waals surface area contributed by atoms with Crippen molar-refractivity contribution < 1.29 is 16.8 Å². The van der Waals surface area contributed by atoms with Crippen LogP contribution in [0.5, 0.6) is 0 Å². The van der Waals surface area contributed by atoms with E-state index in [9.17, 15) is 16.8 Å². The van der Waals surface area contributed by atoms with Gasteiger partial charge < -0.3 is 0 Å². The Balaban J connectivity index is 4.54. The van der Waals surface area contributed by atoms with Crippen molar-refractivity contribution in [1.29, 1.82) is 5.26 Å². The van der Waals surface area contributed by atoms with Crippen LogP contribution in [0.15, 0.2) is 0 Å². The van der Waals surface area contributed by atoms with Crippen molar-refractivity contribution in [1.82, 2.24) is 4.72 Å². The molecule has 0 fully saturated rings. The molecule has 0 amide bonds. The summed E-state index contributed by atoms with van der Waals surface area (Å²) in [5.41, 5.74) is 0. The van der Waals surface area contributed by atoms with E-state index in [-0.39, 0.29) is 5.92 Å². The van der Waals surface area contributed by atoms with Crippen molar-refractivity contribution in [3.05, 3.63) is 0 Å². The molecule has 0 spiro atoms. The molecule has 0 aliphatic carbocycles. The highest BCUT2D eigenvalue weighted by Gasteiger charge is 2.21. The van der Waals surface area contributed by atoms with Crippen LogP contribution in [-0.4, -0.2) is 40.6 Å². The van der Waals surface area contributed by atoms with Crippen LogP contribution in [0.2, 0.25) is 0 Å². The minimum Gasteiger partial charge on any atom is -0.229 e. The molecule has 0 aromatic heterocycles. The van der Waals surface area contributed by atoms with Crippen molar-refractivity contribution in [3.8, 4) is 6.07 Å². The summed E-state index contributed by atoms with van der Waals surface area (Å²) in [6.45, 7) is 3.40. The zero-order chi connectivity index (χ0) is 13.0. The van der Waals surface area contributed by atoms with Crippen LogP contribution in [0.1, 0.15) is 13.8 Å². The molecular weight excluding hydrogens is 252 g/mol. The van der Waals surface area contributed by atoms with Crippen LogP contribution in [0, 0.1) is 17.2 Å². The number of nitriles is 1. The van der Waals surface area contributed by atoms with Crippen LogP contribution >= 0.6 is 0 Å². The molecule has 1 atom stereocenters. The van der Waals surface area contributed by atoms with Gasteiger partial charge in [-0.25, -0.2) is 16.8 Å². The summed E-state index contributed by atoms with van der Waals surface area (Å²) < 4.78 is 46.6. The van der Waals surface area contributed by atoms with E-state index in [1.165, 1.54) is 0 Å². The highest BCUT2D eigenvalue weighted by molar-refractivity contribution is 7.93. The second kappa shape index (κ2) is 5.61. The van der Waals surface area contributed by atoms with Gasteiger partial charge in [0, 0.05) is 6.26 Å². The smallest absolute Gasteiger partial charge is 0.213 e. The van der Waals surface area contributed by atoms with Gasteiger partial charge >= 0.3 is 0 Å². The molecular formula is C8H16N2O4S2. The Labute approximate surface area is 96.6 Å². The topological polar surface area (TPSA) is 104 Å². The molecule has 0 bridgehead atoms. The van der Waals surface area contributed by atoms with E-state index in [0.717, 1.165) is 6.26 Å². The lowest BCUT2D eigenvalue weighted by atomic mass is 10.1. The number of nitrogens with one attached hydrogen (secondary N) is 1. The summed E-state index contributed by atoms with van der Waals surface area (Å²) in [5.74, 6) is -1.13. The maximum Gasteiger partial charge on any atom is 0.213 e. The molecule has 6 nitrogen and oxygen atoms in total. The lowest BCUT2D eigenvalue weighted by molar-refractivity contribution is 0.515. The van der Waals surface area contributed by atoms with Gasteiger partial charge in [0.25, 0.3) is 0 Å². The molecule has 0 rings (SSSR count). The van der Waals surface area contributed by atoms with Gasteiger partial charge in [-0.1, -0.05) is 13.8 Å². The van der Waals surface area contributed by atoms with E-state index >= 15 is 0 Å². The molecule has 0 aliphatic heterocycles. The Kier molecular flexibility index (Phi) is 5.38. The predicted octanol–water partition coefficient (Wildman–Crippen LogP) is -0.501. The largest absolute Gasteiger partial charge is 0.229 e. The van der Waals surface area contributed by atoms with Crippen molar-refractivity contribution in [3.63, 3.8) is 0 Å².